The van der Waals surface area contributed by atoms with Crippen molar-refractivity contribution in [2.75, 3.05) is 29.6 Å². The maximum atomic E-state index is 7.23. The highest BCUT2D eigenvalue weighted by atomic mass is 16.5. The van der Waals surface area contributed by atoms with Crippen molar-refractivity contribution in [3.63, 3.8) is 0 Å². The quantitative estimate of drug-likeness (QED) is 0.243. The molecule has 2 atom stereocenters. The molecule has 2 heterocycles. The van der Waals surface area contributed by atoms with E-state index >= 15 is 0 Å². The topological polar surface area (TPSA) is 115 Å². The predicted octanol–water partition coefficient (Wildman–Crippen LogP) is 4.87. The van der Waals surface area contributed by atoms with Gasteiger partial charge in [-0.1, -0.05) is 24.2 Å². The summed E-state index contributed by atoms with van der Waals surface area (Å²) < 4.78 is 11.3. The maximum Gasteiger partial charge on any atom is 0.324 e. The zero-order valence-corrected chi connectivity index (χ0v) is 18.2. The molecule has 1 aliphatic carbocycles. The molecule has 0 radical (unpaired) electrons. The number of nitrogens with zero attached hydrogens (tertiary/aromatic N) is 5. The number of piperidine rings is 1. The van der Waals surface area contributed by atoms with Crippen LogP contribution in [0.25, 0.3) is 0 Å². The third-order valence-electron chi connectivity index (χ3n) is 6.43. The Kier molecular flexibility index (Phi) is 6.48. The standard InChI is InChI=1S/C22H31N7O2/c1-15(2)21-25-22(31-26-21)28-10-7-16(8-11-28)20-13-17(20)9-12-30-19-5-3-18(4-6-19)29(14-23)27-24/h3-6,14-17,20,23-24H,7-13H2,1-2H3/t17-,20-/m1/s1. The summed E-state index contributed by atoms with van der Waals surface area (Å²) in [6, 6.07) is 8.01. The molecule has 0 bridgehead atoms. The molecule has 31 heavy (non-hydrogen) atoms. The maximum absolute atomic E-state index is 7.23. The summed E-state index contributed by atoms with van der Waals surface area (Å²) in [5, 5.41) is 15.8. The molecule has 0 amide bonds. The highest BCUT2D eigenvalue weighted by Gasteiger charge is 2.43. The van der Waals surface area contributed by atoms with Gasteiger partial charge < -0.3 is 14.2 Å². The molecule has 1 saturated heterocycles. The Balaban J connectivity index is 1.17. The zero-order chi connectivity index (χ0) is 21.8. The Hall–Kier alpha value is -2.97. The van der Waals surface area contributed by atoms with Gasteiger partial charge in [0.15, 0.2) is 5.82 Å². The fraction of sp³-hybridized carbons (Fsp3) is 0.591. The summed E-state index contributed by atoms with van der Waals surface area (Å²) >= 11 is 0. The van der Waals surface area contributed by atoms with Crippen molar-refractivity contribution >= 4 is 18.0 Å². The van der Waals surface area contributed by atoms with Crippen molar-refractivity contribution in [3.05, 3.63) is 30.1 Å². The third kappa shape index (κ3) is 5.03. The van der Waals surface area contributed by atoms with Crippen LogP contribution < -0.4 is 14.6 Å². The average Bonchev–Trinajstić information content (AvgIpc) is 3.38. The molecule has 0 unspecified atom stereocenters. The first-order valence-corrected chi connectivity index (χ1v) is 11.1. The van der Waals surface area contributed by atoms with Gasteiger partial charge in [0.25, 0.3) is 0 Å². The van der Waals surface area contributed by atoms with Crippen LogP contribution >= 0.6 is 0 Å². The van der Waals surface area contributed by atoms with Crippen molar-refractivity contribution in [2.45, 2.75) is 45.4 Å². The first kappa shape index (κ1) is 21.3. The van der Waals surface area contributed by atoms with E-state index in [0.29, 0.717) is 11.7 Å². The van der Waals surface area contributed by atoms with Crippen LogP contribution in [-0.4, -0.2) is 36.2 Å². The highest BCUT2D eigenvalue weighted by molar-refractivity contribution is 5.75. The van der Waals surface area contributed by atoms with Crippen LogP contribution in [-0.2, 0) is 0 Å². The minimum atomic E-state index is 0.289. The van der Waals surface area contributed by atoms with Gasteiger partial charge in [-0.25, -0.2) is 5.01 Å². The Morgan fingerprint density at radius 1 is 1.29 bits per heavy atom. The van der Waals surface area contributed by atoms with E-state index in [1.165, 1.54) is 24.3 Å². The lowest BCUT2D eigenvalue weighted by molar-refractivity contribution is 0.282. The second kappa shape index (κ2) is 9.45. The smallest absolute Gasteiger partial charge is 0.324 e. The van der Waals surface area contributed by atoms with Crippen LogP contribution in [0.5, 0.6) is 5.75 Å². The molecule has 2 N–H and O–H groups in total. The molecule has 1 aromatic carbocycles. The van der Waals surface area contributed by atoms with Crippen molar-refractivity contribution < 1.29 is 9.26 Å². The van der Waals surface area contributed by atoms with Crippen LogP contribution in [0.15, 0.2) is 34.0 Å². The molecule has 166 valence electrons. The number of nitrogens with one attached hydrogen (secondary N) is 2. The molecule has 1 saturated carbocycles. The largest absolute Gasteiger partial charge is 0.494 e. The van der Waals surface area contributed by atoms with Gasteiger partial charge in [0, 0.05) is 19.0 Å². The Morgan fingerprint density at radius 3 is 2.65 bits per heavy atom. The molecular weight excluding hydrogens is 394 g/mol. The van der Waals surface area contributed by atoms with Crippen LogP contribution in [0.1, 0.15) is 51.3 Å². The SMILES string of the molecule is CC(C)c1noc(N2CCC([C@H]3C[C@H]3CCOc3ccc(N(C=N)N=N)cc3)CC2)n1. The lowest BCUT2D eigenvalue weighted by atomic mass is 9.90. The van der Waals surface area contributed by atoms with Gasteiger partial charge in [-0.2, -0.15) is 10.5 Å². The van der Waals surface area contributed by atoms with Gasteiger partial charge in [0.05, 0.1) is 12.3 Å². The van der Waals surface area contributed by atoms with E-state index in [0.717, 1.165) is 61.8 Å². The molecule has 2 aromatic rings. The molecule has 2 aliphatic rings. The van der Waals surface area contributed by atoms with E-state index in [2.05, 4.69) is 34.1 Å². The minimum absolute atomic E-state index is 0.289. The van der Waals surface area contributed by atoms with Gasteiger partial charge >= 0.3 is 6.01 Å². The summed E-state index contributed by atoms with van der Waals surface area (Å²) in [7, 11) is 0. The molecule has 2 fully saturated rings. The van der Waals surface area contributed by atoms with E-state index in [-0.39, 0.29) is 5.92 Å². The molecular formula is C22H31N7O2. The lowest BCUT2D eigenvalue weighted by Crippen LogP contribution is -2.34. The number of aromatic nitrogens is 2. The molecule has 1 aliphatic heterocycles. The summed E-state index contributed by atoms with van der Waals surface area (Å²) in [4.78, 5) is 6.76. The van der Waals surface area contributed by atoms with E-state index in [1.807, 2.05) is 12.1 Å². The molecule has 0 spiro atoms. The van der Waals surface area contributed by atoms with E-state index in [9.17, 15) is 0 Å². The van der Waals surface area contributed by atoms with Gasteiger partial charge in [-0.05, 0) is 67.7 Å². The highest BCUT2D eigenvalue weighted by Crippen LogP contribution is 2.50. The van der Waals surface area contributed by atoms with E-state index < -0.39 is 0 Å². The third-order valence-corrected chi connectivity index (χ3v) is 6.43. The number of hydrogen-bond donors (Lipinski definition) is 2. The predicted molar refractivity (Wildman–Crippen MR) is 118 cm³/mol. The fourth-order valence-corrected chi connectivity index (χ4v) is 4.47. The Labute approximate surface area is 182 Å². The van der Waals surface area contributed by atoms with E-state index in [4.69, 9.17) is 20.2 Å². The van der Waals surface area contributed by atoms with Crippen molar-refractivity contribution in [3.8, 4) is 5.75 Å². The normalized spacial score (nSPS) is 21.2. The van der Waals surface area contributed by atoms with Crippen LogP contribution in [0.4, 0.5) is 11.7 Å². The lowest BCUT2D eigenvalue weighted by Gasteiger charge is -2.30. The van der Waals surface area contributed by atoms with Gasteiger partial charge in [0.2, 0.25) is 0 Å². The second-order valence-electron chi connectivity index (χ2n) is 8.78. The summed E-state index contributed by atoms with van der Waals surface area (Å²) in [5.74, 6) is 4.26. The summed E-state index contributed by atoms with van der Waals surface area (Å²) in [5.41, 5.74) is 7.72. The number of anilines is 2. The molecule has 9 heteroatoms. The first-order chi connectivity index (χ1) is 15.1. The van der Waals surface area contributed by atoms with Crippen LogP contribution in [0, 0.1) is 28.7 Å². The fourth-order valence-electron chi connectivity index (χ4n) is 4.47. The second-order valence-corrected chi connectivity index (χ2v) is 8.78. The number of ether oxygens (including phenoxy) is 1. The first-order valence-electron chi connectivity index (χ1n) is 11.1. The Morgan fingerprint density at radius 2 is 2.03 bits per heavy atom. The van der Waals surface area contributed by atoms with Gasteiger partial charge in [-0.3, -0.25) is 5.41 Å². The number of hydrogen-bond acceptors (Lipinski definition) is 8. The number of rotatable bonds is 10. The zero-order valence-electron chi connectivity index (χ0n) is 18.2. The number of benzene rings is 1. The Bertz CT molecular complexity index is 866. The van der Waals surface area contributed by atoms with Crippen molar-refractivity contribution in [1.82, 2.24) is 10.1 Å². The average molecular weight is 426 g/mol. The van der Waals surface area contributed by atoms with Crippen LogP contribution in [0.2, 0.25) is 0 Å². The summed E-state index contributed by atoms with van der Waals surface area (Å²) in [6.45, 7) is 6.86. The molecule has 1 aromatic heterocycles. The summed E-state index contributed by atoms with van der Waals surface area (Å²) in [6.07, 6.45) is 5.78. The van der Waals surface area contributed by atoms with Gasteiger partial charge in [0.1, 0.15) is 12.1 Å². The molecule has 9 nitrogen and oxygen atoms in total. The van der Waals surface area contributed by atoms with Crippen molar-refractivity contribution in [2.24, 2.45) is 23.0 Å². The monoisotopic (exact) mass is 425 g/mol. The van der Waals surface area contributed by atoms with Gasteiger partial charge in [-0.15, -0.1) is 0 Å². The van der Waals surface area contributed by atoms with Crippen LogP contribution in [0.3, 0.4) is 0 Å². The minimum Gasteiger partial charge on any atom is -0.494 e. The van der Waals surface area contributed by atoms with E-state index in [1.54, 1.807) is 12.1 Å². The van der Waals surface area contributed by atoms with Crippen molar-refractivity contribution in [1.29, 1.82) is 10.9 Å². The molecule has 4 rings (SSSR count).